The molecule has 1 aliphatic carbocycles. The molecule has 1 fully saturated rings. The normalized spacial score (nSPS) is 15.1. The molecule has 0 radical (unpaired) electrons. The Bertz CT molecular complexity index is 766. The van der Waals surface area contributed by atoms with E-state index in [0.717, 1.165) is 29.9 Å². The van der Waals surface area contributed by atoms with Crippen molar-refractivity contribution in [1.82, 2.24) is 9.97 Å². The lowest BCUT2D eigenvalue weighted by atomic mass is 9.95. The molecule has 138 valence electrons. The maximum absolute atomic E-state index is 12.8. The van der Waals surface area contributed by atoms with Gasteiger partial charge in [-0.3, -0.25) is 4.79 Å². The van der Waals surface area contributed by atoms with Crippen molar-refractivity contribution in [3.63, 3.8) is 0 Å². The molecule has 1 aromatic heterocycles. The van der Waals surface area contributed by atoms with Crippen molar-refractivity contribution >= 4 is 17.4 Å². The number of rotatable bonds is 5. The smallest absolute Gasteiger partial charge is 0.274 e. The van der Waals surface area contributed by atoms with Crippen LogP contribution in [0.15, 0.2) is 30.3 Å². The van der Waals surface area contributed by atoms with Gasteiger partial charge in [0.05, 0.1) is 0 Å². The molecule has 26 heavy (non-hydrogen) atoms. The third kappa shape index (κ3) is 4.59. The van der Waals surface area contributed by atoms with Crippen LogP contribution < -0.4 is 10.6 Å². The molecule has 3 rings (SSSR count). The minimum atomic E-state index is -0.199. The van der Waals surface area contributed by atoms with E-state index in [1.165, 1.54) is 19.3 Å². The number of nitrogens with zero attached hydrogens (tertiary/aromatic N) is 2. The first-order valence-electron chi connectivity index (χ1n) is 9.55. The Morgan fingerprint density at radius 1 is 1.12 bits per heavy atom. The minimum absolute atomic E-state index is 0.199. The molecular weight excluding hydrogens is 324 g/mol. The van der Waals surface area contributed by atoms with E-state index in [4.69, 9.17) is 0 Å². The van der Waals surface area contributed by atoms with Gasteiger partial charge in [0.25, 0.3) is 5.91 Å². The molecule has 0 bridgehead atoms. The maximum atomic E-state index is 12.8. The van der Waals surface area contributed by atoms with Crippen molar-refractivity contribution in [2.75, 3.05) is 10.6 Å². The molecular formula is C21H28N4O. The van der Waals surface area contributed by atoms with Crippen molar-refractivity contribution < 1.29 is 4.79 Å². The number of carbonyl (C=O) groups is 1. The predicted molar refractivity (Wildman–Crippen MR) is 106 cm³/mol. The second-order valence-electron chi connectivity index (χ2n) is 7.36. The fourth-order valence-electron chi connectivity index (χ4n) is 3.51. The molecule has 1 heterocycles. The van der Waals surface area contributed by atoms with E-state index in [0.29, 0.717) is 23.5 Å². The highest BCUT2D eigenvalue weighted by Crippen LogP contribution is 2.25. The van der Waals surface area contributed by atoms with Crippen LogP contribution in [0.3, 0.4) is 0 Å². The van der Waals surface area contributed by atoms with Gasteiger partial charge in [0.15, 0.2) is 0 Å². The van der Waals surface area contributed by atoms with E-state index in [2.05, 4.69) is 34.4 Å². The van der Waals surface area contributed by atoms with Crippen LogP contribution in [-0.2, 0) is 0 Å². The molecule has 2 aromatic rings. The molecule has 0 unspecified atom stereocenters. The van der Waals surface area contributed by atoms with Crippen LogP contribution in [-0.4, -0.2) is 21.9 Å². The highest BCUT2D eigenvalue weighted by molar-refractivity contribution is 6.03. The first-order valence-corrected chi connectivity index (χ1v) is 9.55. The van der Waals surface area contributed by atoms with Gasteiger partial charge in [-0.1, -0.05) is 51.3 Å². The van der Waals surface area contributed by atoms with Gasteiger partial charge in [-0.2, -0.15) is 0 Å². The average molecular weight is 352 g/mol. The molecule has 0 spiro atoms. The predicted octanol–water partition coefficient (Wildman–Crippen LogP) is 4.91. The molecule has 5 nitrogen and oxygen atoms in total. The lowest BCUT2D eigenvalue weighted by Crippen LogP contribution is -2.24. The van der Waals surface area contributed by atoms with Gasteiger partial charge in [-0.15, -0.1) is 0 Å². The number of aromatic nitrogens is 2. The maximum Gasteiger partial charge on any atom is 0.274 e. The molecule has 0 atom stereocenters. The van der Waals surface area contributed by atoms with Gasteiger partial charge in [-0.25, -0.2) is 9.97 Å². The van der Waals surface area contributed by atoms with E-state index in [-0.39, 0.29) is 5.91 Å². The van der Waals surface area contributed by atoms with E-state index in [1.54, 1.807) is 6.07 Å². The van der Waals surface area contributed by atoms with Crippen LogP contribution in [0.1, 0.15) is 73.7 Å². The number of aryl methyl sites for hydroxylation is 1. The lowest BCUT2D eigenvalue weighted by Gasteiger charge is -2.23. The minimum Gasteiger partial charge on any atom is -0.367 e. The molecule has 2 N–H and O–H groups in total. The number of benzene rings is 1. The number of para-hydroxylation sites is 1. The highest BCUT2D eigenvalue weighted by atomic mass is 16.1. The van der Waals surface area contributed by atoms with Gasteiger partial charge < -0.3 is 10.6 Å². The number of amides is 1. The first kappa shape index (κ1) is 18.4. The summed E-state index contributed by atoms with van der Waals surface area (Å²) in [6.07, 6.45) is 6.13. The van der Waals surface area contributed by atoms with E-state index >= 15 is 0 Å². The quantitative estimate of drug-likeness (QED) is 0.803. The number of carbonyl (C=O) groups excluding carboxylic acids is 1. The Balaban J connectivity index is 1.77. The summed E-state index contributed by atoms with van der Waals surface area (Å²) in [5, 5.41) is 6.49. The van der Waals surface area contributed by atoms with Crippen molar-refractivity contribution in [2.45, 2.75) is 64.8 Å². The highest BCUT2D eigenvalue weighted by Gasteiger charge is 2.17. The van der Waals surface area contributed by atoms with Crippen LogP contribution in [0.4, 0.5) is 11.5 Å². The van der Waals surface area contributed by atoms with E-state index in [9.17, 15) is 4.79 Å². The van der Waals surface area contributed by atoms with Crippen LogP contribution in [0.2, 0.25) is 0 Å². The van der Waals surface area contributed by atoms with E-state index < -0.39 is 0 Å². The van der Waals surface area contributed by atoms with Crippen LogP contribution in [0.5, 0.6) is 0 Å². The lowest BCUT2D eigenvalue weighted by molar-refractivity contribution is 0.102. The van der Waals surface area contributed by atoms with Gasteiger partial charge in [-0.05, 0) is 37.3 Å². The Morgan fingerprint density at radius 2 is 1.85 bits per heavy atom. The summed E-state index contributed by atoms with van der Waals surface area (Å²) in [7, 11) is 0. The van der Waals surface area contributed by atoms with Gasteiger partial charge >= 0.3 is 0 Å². The standard InChI is InChI=1S/C21H28N4O/c1-14(2)17-11-7-8-12-18(17)25-21(26)19-13-20(23-15(3)22-19)24-16-9-5-4-6-10-16/h7-8,11-14,16H,4-6,9-10H2,1-3H3,(H,25,26)(H,22,23,24). The van der Waals surface area contributed by atoms with Crippen molar-refractivity contribution in [1.29, 1.82) is 0 Å². The summed E-state index contributed by atoms with van der Waals surface area (Å²) in [6, 6.07) is 10.1. The third-order valence-corrected chi connectivity index (χ3v) is 4.86. The summed E-state index contributed by atoms with van der Waals surface area (Å²) in [5.74, 6) is 1.48. The summed E-state index contributed by atoms with van der Waals surface area (Å²) in [5.41, 5.74) is 2.35. The zero-order valence-corrected chi connectivity index (χ0v) is 15.9. The first-order chi connectivity index (χ1) is 12.5. The number of hydrogen-bond donors (Lipinski definition) is 2. The number of hydrogen-bond acceptors (Lipinski definition) is 4. The zero-order valence-electron chi connectivity index (χ0n) is 15.9. The van der Waals surface area contributed by atoms with Gasteiger partial charge in [0.2, 0.25) is 0 Å². The summed E-state index contributed by atoms with van der Waals surface area (Å²) in [6.45, 7) is 6.06. The fraction of sp³-hybridized carbons (Fsp3) is 0.476. The summed E-state index contributed by atoms with van der Waals surface area (Å²) in [4.78, 5) is 21.6. The Kier molecular flexibility index (Phi) is 5.86. The Morgan fingerprint density at radius 3 is 2.58 bits per heavy atom. The fourth-order valence-corrected chi connectivity index (χ4v) is 3.51. The monoisotopic (exact) mass is 352 g/mol. The molecule has 0 saturated heterocycles. The second kappa shape index (κ2) is 8.30. The number of nitrogens with one attached hydrogen (secondary N) is 2. The summed E-state index contributed by atoms with van der Waals surface area (Å²) >= 11 is 0. The molecule has 1 aliphatic rings. The molecule has 1 saturated carbocycles. The average Bonchev–Trinajstić information content (AvgIpc) is 2.62. The van der Waals surface area contributed by atoms with Crippen molar-refractivity contribution in [3.8, 4) is 0 Å². The molecule has 5 heteroatoms. The van der Waals surface area contributed by atoms with Crippen molar-refractivity contribution in [3.05, 3.63) is 47.4 Å². The van der Waals surface area contributed by atoms with Gasteiger partial charge in [0.1, 0.15) is 17.3 Å². The van der Waals surface area contributed by atoms with Crippen LogP contribution >= 0.6 is 0 Å². The SMILES string of the molecule is Cc1nc(NC2CCCCC2)cc(C(=O)Nc2ccccc2C(C)C)n1. The molecule has 1 aromatic carbocycles. The largest absolute Gasteiger partial charge is 0.367 e. The van der Waals surface area contributed by atoms with Gasteiger partial charge in [0, 0.05) is 17.8 Å². The Hall–Kier alpha value is -2.43. The Labute approximate surface area is 155 Å². The second-order valence-corrected chi connectivity index (χ2v) is 7.36. The topological polar surface area (TPSA) is 66.9 Å². The van der Waals surface area contributed by atoms with Crippen molar-refractivity contribution in [2.24, 2.45) is 0 Å². The third-order valence-electron chi connectivity index (χ3n) is 4.86. The summed E-state index contributed by atoms with van der Waals surface area (Å²) < 4.78 is 0. The zero-order chi connectivity index (χ0) is 18.5. The van der Waals surface area contributed by atoms with E-state index in [1.807, 2.05) is 31.2 Å². The number of anilines is 2. The molecule has 1 amide bonds. The molecule has 0 aliphatic heterocycles. The van der Waals surface area contributed by atoms with Crippen LogP contribution in [0, 0.1) is 6.92 Å². The van der Waals surface area contributed by atoms with Crippen LogP contribution in [0.25, 0.3) is 0 Å².